The molecule has 1 aromatic rings. The maximum atomic E-state index is 12.4. The van der Waals surface area contributed by atoms with Crippen LogP contribution < -0.4 is 4.72 Å². The molecule has 1 heterocycles. The topological polar surface area (TPSA) is 96.6 Å². The van der Waals surface area contributed by atoms with Crippen LogP contribution in [0.5, 0.6) is 0 Å². The van der Waals surface area contributed by atoms with E-state index >= 15 is 0 Å². The van der Waals surface area contributed by atoms with Gasteiger partial charge in [-0.05, 0) is 19.8 Å². The van der Waals surface area contributed by atoms with Crippen LogP contribution in [0.2, 0.25) is 0 Å². The van der Waals surface area contributed by atoms with Crippen molar-refractivity contribution in [3.63, 3.8) is 0 Å². The number of sulfonamides is 1. The molecular formula is C14H23NO5S. The van der Waals surface area contributed by atoms with E-state index in [0.29, 0.717) is 0 Å². The van der Waals surface area contributed by atoms with Crippen molar-refractivity contribution in [2.75, 3.05) is 0 Å². The Bertz CT molecular complexity index is 576. The van der Waals surface area contributed by atoms with Crippen LogP contribution in [0.25, 0.3) is 0 Å². The molecule has 0 saturated carbocycles. The number of carboxylic acid groups (broad SMARTS) is 1. The Hall–Kier alpha value is -1.34. The van der Waals surface area contributed by atoms with Gasteiger partial charge in [0.15, 0.2) is 0 Å². The molecule has 0 radical (unpaired) electrons. The number of hydrogen-bond acceptors (Lipinski definition) is 4. The van der Waals surface area contributed by atoms with Gasteiger partial charge >= 0.3 is 5.97 Å². The first-order chi connectivity index (χ1) is 9.81. The Balaban J connectivity index is 2.95. The first-order valence-electron chi connectivity index (χ1n) is 7.17. The van der Waals surface area contributed by atoms with Crippen molar-refractivity contribution < 1.29 is 22.7 Å². The quantitative estimate of drug-likeness (QED) is 0.730. The van der Waals surface area contributed by atoms with E-state index in [4.69, 9.17) is 9.52 Å². The lowest BCUT2D eigenvalue weighted by Crippen LogP contribution is -2.34. The van der Waals surface area contributed by atoms with E-state index < -0.39 is 16.0 Å². The third-order valence-corrected chi connectivity index (χ3v) is 4.87. The summed E-state index contributed by atoms with van der Waals surface area (Å²) < 4.78 is 32.4. The molecule has 0 saturated heterocycles. The van der Waals surface area contributed by atoms with Crippen molar-refractivity contribution in [1.29, 1.82) is 0 Å². The molecule has 0 amide bonds. The monoisotopic (exact) mass is 317 g/mol. The van der Waals surface area contributed by atoms with Crippen molar-refractivity contribution in [2.45, 2.75) is 63.8 Å². The summed E-state index contributed by atoms with van der Waals surface area (Å²) in [5.74, 6) is -1.56. The fourth-order valence-electron chi connectivity index (χ4n) is 2.18. The first kappa shape index (κ1) is 17.7. The summed E-state index contributed by atoms with van der Waals surface area (Å²) in [4.78, 5) is 10.8. The van der Waals surface area contributed by atoms with Crippen LogP contribution in [0.1, 0.15) is 62.3 Å². The minimum absolute atomic E-state index is 0.0886. The molecule has 0 aliphatic rings. The van der Waals surface area contributed by atoms with Crippen molar-refractivity contribution in [2.24, 2.45) is 0 Å². The molecule has 2 N–H and O–H groups in total. The van der Waals surface area contributed by atoms with Gasteiger partial charge in [-0.2, -0.15) is 0 Å². The van der Waals surface area contributed by atoms with Gasteiger partial charge in [0.25, 0.3) is 0 Å². The lowest BCUT2D eigenvalue weighted by Gasteiger charge is -2.17. The Morgan fingerprint density at radius 3 is 2.48 bits per heavy atom. The van der Waals surface area contributed by atoms with E-state index in [2.05, 4.69) is 11.6 Å². The molecule has 0 aromatic carbocycles. The van der Waals surface area contributed by atoms with Gasteiger partial charge in [-0.25, -0.2) is 17.9 Å². The summed E-state index contributed by atoms with van der Waals surface area (Å²) in [5, 5.41) is 8.86. The fourth-order valence-corrected chi connectivity index (χ4v) is 3.67. The van der Waals surface area contributed by atoms with Crippen LogP contribution >= 0.6 is 0 Å². The number of aromatic carboxylic acids is 1. The number of hydrogen-bond donors (Lipinski definition) is 2. The minimum Gasteiger partial charge on any atom is -0.475 e. The number of nitrogens with one attached hydrogen (secondary N) is 1. The summed E-state index contributed by atoms with van der Waals surface area (Å²) in [6, 6.07) is 0.922. The van der Waals surface area contributed by atoms with Gasteiger partial charge in [0.2, 0.25) is 15.8 Å². The first-order valence-corrected chi connectivity index (χ1v) is 8.66. The van der Waals surface area contributed by atoms with Gasteiger partial charge in [-0.3, -0.25) is 0 Å². The largest absolute Gasteiger partial charge is 0.475 e. The van der Waals surface area contributed by atoms with Gasteiger partial charge in [0.1, 0.15) is 10.7 Å². The second-order valence-electron chi connectivity index (χ2n) is 5.09. The third kappa shape index (κ3) is 4.86. The molecule has 0 fully saturated rings. The van der Waals surface area contributed by atoms with Gasteiger partial charge in [0.05, 0.1) is 0 Å². The van der Waals surface area contributed by atoms with Crippen molar-refractivity contribution >= 4 is 16.0 Å². The number of furan rings is 1. The van der Waals surface area contributed by atoms with Crippen LogP contribution in [-0.2, 0) is 10.0 Å². The van der Waals surface area contributed by atoms with Gasteiger partial charge in [-0.1, -0.05) is 33.1 Å². The highest BCUT2D eigenvalue weighted by Gasteiger charge is 2.26. The molecule has 120 valence electrons. The SMILES string of the molecule is CCCCC(CCC)NS(=O)(=O)c1cc(C(=O)O)oc1C. The zero-order valence-electron chi connectivity index (χ0n) is 12.7. The standard InChI is InChI=1S/C14H23NO5S/c1-4-6-8-11(7-5-2)15-21(18,19)13-9-12(14(16)17)20-10(13)3/h9,11,15H,4-8H2,1-3H3,(H,16,17). The Kier molecular flexibility index (Phi) is 6.42. The number of unbranched alkanes of at least 4 members (excludes halogenated alkanes) is 1. The highest BCUT2D eigenvalue weighted by atomic mass is 32.2. The molecule has 0 bridgehead atoms. The fraction of sp³-hybridized carbons (Fsp3) is 0.643. The number of carboxylic acids is 1. The lowest BCUT2D eigenvalue weighted by molar-refractivity contribution is 0.0661. The van der Waals surface area contributed by atoms with Crippen molar-refractivity contribution in [1.82, 2.24) is 4.72 Å². The summed E-state index contributed by atoms with van der Waals surface area (Å²) in [5.41, 5.74) is 0. The summed E-state index contributed by atoms with van der Waals surface area (Å²) in [6.45, 7) is 5.50. The molecule has 0 spiro atoms. The van der Waals surface area contributed by atoms with E-state index in [0.717, 1.165) is 38.2 Å². The normalized spacial score (nSPS) is 13.3. The lowest BCUT2D eigenvalue weighted by atomic mass is 10.1. The Labute approximate surface area is 125 Å². The van der Waals surface area contributed by atoms with E-state index in [1.165, 1.54) is 6.92 Å². The molecule has 7 heteroatoms. The molecule has 6 nitrogen and oxygen atoms in total. The predicted molar refractivity (Wildman–Crippen MR) is 78.9 cm³/mol. The van der Waals surface area contributed by atoms with Crippen LogP contribution in [0.3, 0.4) is 0 Å². The number of aryl methyl sites for hydroxylation is 1. The molecular weight excluding hydrogens is 294 g/mol. The Morgan fingerprint density at radius 2 is 2.00 bits per heavy atom. The van der Waals surface area contributed by atoms with Crippen LogP contribution in [0.15, 0.2) is 15.4 Å². The number of rotatable bonds is 9. The predicted octanol–water partition coefficient (Wildman–Crippen LogP) is 2.92. The summed E-state index contributed by atoms with van der Waals surface area (Å²) in [7, 11) is -3.76. The van der Waals surface area contributed by atoms with Crippen molar-refractivity contribution in [3.8, 4) is 0 Å². The van der Waals surface area contributed by atoms with Gasteiger partial charge in [0, 0.05) is 12.1 Å². The minimum atomic E-state index is -3.76. The van der Waals surface area contributed by atoms with E-state index in [1.807, 2.05) is 6.92 Å². The number of carbonyl (C=O) groups is 1. The van der Waals surface area contributed by atoms with Gasteiger partial charge < -0.3 is 9.52 Å². The van der Waals surface area contributed by atoms with E-state index in [1.54, 1.807) is 0 Å². The summed E-state index contributed by atoms with van der Waals surface area (Å²) >= 11 is 0. The molecule has 21 heavy (non-hydrogen) atoms. The van der Waals surface area contributed by atoms with Crippen LogP contribution in [0.4, 0.5) is 0 Å². The Morgan fingerprint density at radius 1 is 1.33 bits per heavy atom. The molecule has 1 unspecified atom stereocenters. The van der Waals surface area contributed by atoms with E-state index in [-0.39, 0.29) is 22.5 Å². The van der Waals surface area contributed by atoms with Crippen molar-refractivity contribution in [3.05, 3.63) is 17.6 Å². The molecule has 1 atom stereocenters. The van der Waals surface area contributed by atoms with Crippen LogP contribution in [0, 0.1) is 6.92 Å². The highest BCUT2D eigenvalue weighted by molar-refractivity contribution is 7.89. The second-order valence-corrected chi connectivity index (χ2v) is 6.77. The summed E-state index contributed by atoms with van der Waals surface area (Å²) in [6.07, 6.45) is 4.34. The van der Waals surface area contributed by atoms with Gasteiger partial charge in [-0.15, -0.1) is 0 Å². The highest BCUT2D eigenvalue weighted by Crippen LogP contribution is 2.21. The molecule has 1 aromatic heterocycles. The zero-order valence-corrected chi connectivity index (χ0v) is 13.5. The smallest absolute Gasteiger partial charge is 0.371 e. The molecule has 0 aliphatic heterocycles. The van der Waals surface area contributed by atoms with Crippen LogP contribution in [-0.4, -0.2) is 25.5 Å². The van der Waals surface area contributed by atoms with E-state index in [9.17, 15) is 13.2 Å². The third-order valence-electron chi connectivity index (χ3n) is 3.24. The molecule has 0 aliphatic carbocycles. The maximum absolute atomic E-state index is 12.4. The maximum Gasteiger partial charge on any atom is 0.371 e. The molecule has 1 rings (SSSR count). The zero-order chi connectivity index (χ0) is 16.0. The second kappa shape index (κ2) is 7.61. The average Bonchev–Trinajstić information content (AvgIpc) is 2.79. The average molecular weight is 317 g/mol.